The van der Waals surface area contributed by atoms with E-state index in [1.165, 1.54) is 0 Å². The summed E-state index contributed by atoms with van der Waals surface area (Å²) in [6.45, 7) is 1.09. The molecule has 0 fully saturated rings. The van der Waals surface area contributed by atoms with E-state index >= 15 is 0 Å². The molecule has 3 rings (SSSR count). The van der Waals surface area contributed by atoms with Crippen LogP contribution in [-0.2, 0) is 25.0 Å². The molecule has 0 aliphatic heterocycles. The van der Waals surface area contributed by atoms with Crippen LogP contribution in [0.3, 0.4) is 0 Å². The van der Waals surface area contributed by atoms with Crippen molar-refractivity contribution in [2.45, 2.75) is 16.7 Å². The van der Waals surface area contributed by atoms with Gasteiger partial charge in [0.1, 0.15) is 15.5 Å². The van der Waals surface area contributed by atoms with Crippen molar-refractivity contribution in [2.24, 2.45) is 10.2 Å². The Hall–Kier alpha value is -4.00. The van der Waals surface area contributed by atoms with Crippen LogP contribution in [0.25, 0.3) is 10.8 Å². The third-order valence-electron chi connectivity index (χ3n) is 3.96. The first kappa shape index (κ1) is 23.7. The van der Waals surface area contributed by atoms with Crippen molar-refractivity contribution in [3.05, 3.63) is 24.0 Å². The van der Waals surface area contributed by atoms with E-state index in [-0.39, 0.29) is 5.69 Å². The van der Waals surface area contributed by atoms with Gasteiger partial charge in [0.2, 0.25) is 11.7 Å². The largest absolute Gasteiger partial charge is 0.505 e. The summed E-state index contributed by atoms with van der Waals surface area (Å²) in [5, 5.41) is 33.1. The fourth-order valence-electron chi connectivity index (χ4n) is 2.73. The highest BCUT2D eigenvalue weighted by atomic mass is 32.2. The third-order valence-corrected chi connectivity index (χ3v) is 5.74. The van der Waals surface area contributed by atoms with Crippen molar-refractivity contribution < 1.29 is 45.7 Å². The molecule has 0 radical (unpaired) electrons. The minimum atomic E-state index is -5.18. The summed E-state index contributed by atoms with van der Waals surface area (Å²) < 4.78 is 66.5. The number of carbonyl (C=O) groups excluding carboxylic acids is 1. The molecule has 0 bridgehead atoms. The van der Waals surface area contributed by atoms with Crippen LogP contribution in [0.1, 0.15) is 17.5 Å². The number of anilines is 1. The molecule has 1 aromatic heterocycles. The van der Waals surface area contributed by atoms with Crippen LogP contribution < -0.4 is 5.32 Å². The first-order valence-corrected chi connectivity index (χ1v) is 11.2. The van der Waals surface area contributed by atoms with Crippen LogP contribution >= 0.6 is 0 Å². The fraction of sp³-hybridized carbons (Fsp3) is 0.0667. The average Bonchev–Trinajstić information content (AvgIpc) is 3.14. The highest BCUT2D eigenvalue weighted by Gasteiger charge is 2.27. The van der Waals surface area contributed by atoms with Crippen molar-refractivity contribution in [2.75, 3.05) is 5.32 Å². The third kappa shape index (κ3) is 4.77. The lowest BCUT2D eigenvalue weighted by molar-refractivity contribution is -0.114. The minimum absolute atomic E-state index is 0.202. The Morgan fingerprint density at radius 3 is 2.21 bits per heavy atom. The quantitative estimate of drug-likeness (QED) is 0.206. The SMILES string of the molecule is CC(=O)Nc1ccc(S(=O)(=O)O)c2cc(S(=O)(=O)O)c(/N=N/c3n[nH]c(C(=O)O)n3)c(O)c12. The number of fused-ring (bicyclic) bond motifs is 1. The number of aromatic carboxylic acids is 1. The number of azo groups is 1. The Morgan fingerprint density at radius 2 is 1.70 bits per heavy atom. The number of amides is 1. The molecule has 1 heterocycles. The molecule has 1 amide bonds. The molecular weight excluding hydrogens is 488 g/mol. The van der Waals surface area contributed by atoms with E-state index in [4.69, 9.17) is 5.11 Å². The predicted molar refractivity (Wildman–Crippen MR) is 107 cm³/mol. The topological polar surface area (TPSA) is 262 Å². The zero-order valence-electron chi connectivity index (χ0n) is 16.1. The Balaban J connectivity index is 2.40. The number of rotatable bonds is 6. The van der Waals surface area contributed by atoms with E-state index in [1.807, 2.05) is 5.10 Å². The number of aromatic amines is 1. The molecule has 0 aliphatic carbocycles. The van der Waals surface area contributed by atoms with Gasteiger partial charge in [-0.05, 0) is 18.2 Å². The monoisotopic (exact) mass is 500 g/mol. The van der Waals surface area contributed by atoms with Gasteiger partial charge >= 0.3 is 5.97 Å². The number of phenolic OH excluding ortho intramolecular Hbond substituents is 1. The van der Waals surface area contributed by atoms with Crippen LogP contribution in [0, 0.1) is 0 Å². The maximum Gasteiger partial charge on any atom is 0.373 e. The molecule has 0 saturated carbocycles. The van der Waals surface area contributed by atoms with E-state index < -0.39 is 75.9 Å². The van der Waals surface area contributed by atoms with Gasteiger partial charge in [-0.2, -0.15) is 21.8 Å². The molecule has 0 unspecified atom stereocenters. The number of nitrogens with one attached hydrogen (secondary N) is 2. The van der Waals surface area contributed by atoms with Crippen LogP contribution in [0.4, 0.5) is 17.3 Å². The number of H-pyrrole nitrogens is 1. The standard InChI is InChI=1S/C15H12N6O10S2/c1-5(22)16-7-2-3-8(32(26,27)28)6-4-9(33(29,30)31)11(12(23)10(6)7)18-20-15-17-13(14(24)25)19-21-15/h2-4,23H,1H3,(H,16,22)(H,24,25)(H,17,19,21)(H,26,27,28)(H,29,30,31)/b20-18+. The zero-order chi connectivity index (χ0) is 24.7. The van der Waals surface area contributed by atoms with Crippen molar-refractivity contribution in [1.29, 1.82) is 0 Å². The van der Waals surface area contributed by atoms with E-state index in [0.717, 1.165) is 19.1 Å². The summed E-state index contributed by atoms with van der Waals surface area (Å²) in [5.41, 5.74) is -1.13. The van der Waals surface area contributed by atoms with Gasteiger partial charge in [-0.25, -0.2) is 4.79 Å². The predicted octanol–water partition coefficient (Wildman–Crippen LogP) is 1.23. The second-order valence-corrected chi connectivity index (χ2v) is 9.01. The zero-order valence-corrected chi connectivity index (χ0v) is 17.7. The van der Waals surface area contributed by atoms with Gasteiger partial charge in [0.05, 0.1) is 11.1 Å². The van der Waals surface area contributed by atoms with Crippen LogP contribution in [-0.4, -0.2) is 63.2 Å². The maximum atomic E-state index is 11.9. The molecule has 3 aromatic rings. The maximum absolute atomic E-state index is 11.9. The summed E-state index contributed by atoms with van der Waals surface area (Å²) in [5.74, 6) is -4.44. The molecule has 2 aromatic carbocycles. The number of phenols is 1. The van der Waals surface area contributed by atoms with E-state index in [0.29, 0.717) is 6.07 Å². The molecule has 174 valence electrons. The van der Waals surface area contributed by atoms with Crippen LogP contribution in [0.2, 0.25) is 0 Å². The number of carboxylic acids is 1. The highest BCUT2D eigenvalue weighted by Crippen LogP contribution is 2.45. The lowest BCUT2D eigenvalue weighted by Gasteiger charge is -2.14. The number of benzene rings is 2. The number of aromatic hydroxyl groups is 1. The van der Waals surface area contributed by atoms with Crippen molar-refractivity contribution in [3.63, 3.8) is 0 Å². The molecule has 0 saturated heterocycles. The molecule has 33 heavy (non-hydrogen) atoms. The number of carboxylic acid groups (broad SMARTS) is 1. The van der Waals surface area contributed by atoms with Gasteiger partial charge in [0.25, 0.3) is 26.2 Å². The molecule has 0 aliphatic rings. The Labute approximate surface area is 183 Å². The summed E-state index contributed by atoms with van der Waals surface area (Å²) in [4.78, 5) is 23.8. The smallest absolute Gasteiger partial charge is 0.373 e. The second kappa shape index (κ2) is 8.16. The van der Waals surface area contributed by atoms with Crippen LogP contribution in [0.5, 0.6) is 5.75 Å². The Bertz CT molecular complexity index is 1560. The molecule has 18 heteroatoms. The Morgan fingerprint density at radius 1 is 1.06 bits per heavy atom. The number of nitrogens with zero attached hydrogens (tertiary/aromatic N) is 4. The normalized spacial score (nSPS) is 12.3. The minimum Gasteiger partial charge on any atom is -0.505 e. The molecule has 0 atom stereocenters. The van der Waals surface area contributed by atoms with Crippen molar-refractivity contribution in [1.82, 2.24) is 15.2 Å². The van der Waals surface area contributed by atoms with E-state index in [1.54, 1.807) is 0 Å². The molecule has 16 nitrogen and oxygen atoms in total. The van der Waals surface area contributed by atoms with Gasteiger partial charge in [0.15, 0.2) is 5.75 Å². The molecular formula is C15H12N6O10S2. The first-order chi connectivity index (χ1) is 15.2. The van der Waals surface area contributed by atoms with Crippen molar-refractivity contribution >= 4 is 60.2 Å². The van der Waals surface area contributed by atoms with Gasteiger partial charge in [0, 0.05) is 12.3 Å². The fourth-order valence-corrected chi connectivity index (χ4v) is 4.06. The summed E-state index contributed by atoms with van der Waals surface area (Å²) in [6, 6.07) is 2.42. The number of carbonyl (C=O) groups is 2. The number of aromatic nitrogens is 3. The highest BCUT2D eigenvalue weighted by molar-refractivity contribution is 7.86. The number of hydrogen-bond acceptors (Lipinski definition) is 11. The first-order valence-electron chi connectivity index (χ1n) is 8.33. The summed E-state index contributed by atoms with van der Waals surface area (Å²) in [7, 11) is -10.1. The molecule has 0 spiro atoms. The van der Waals surface area contributed by atoms with Gasteiger partial charge in [-0.15, -0.1) is 15.3 Å². The lowest BCUT2D eigenvalue weighted by Crippen LogP contribution is -2.08. The summed E-state index contributed by atoms with van der Waals surface area (Å²) >= 11 is 0. The van der Waals surface area contributed by atoms with Gasteiger partial charge in [-0.3, -0.25) is 19.0 Å². The average molecular weight is 500 g/mol. The lowest BCUT2D eigenvalue weighted by atomic mass is 10.1. The van der Waals surface area contributed by atoms with E-state index in [2.05, 4.69) is 25.6 Å². The molecule has 6 N–H and O–H groups in total. The second-order valence-electron chi connectivity index (χ2n) is 6.23. The van der Waals surface area contributed by atoms with Crippen LogP contribution in [0.15, 0.2) is 38.2 Å². The van der Waals surface area contributed by atoms with Gasteiger partial charge < -0.3 is 15.5 Å². The number of hydrogen-bond donors (Lipinski definition) is 6. The van der Waals surface area contributed by atoms with E-state index in [9.17, 15) is 40.6 Å². The Kier molecular flexibility index (Phi) is 5.85. The van der Waals surface area contributed by atoms with Crippen molar-refractivity contribution in [3.8, 4) is 5.75 Å². The van der Waals surface area contributed by atoms with Gasteiger partial charge in [-0.1, -0.05) is 0 Å². The summed E-state index contributed by atoms with van der Waals surface area (Å²) in [6.07, 6.45) is 0.